The first-order valence-electron chi connectivity index (χ1n) is 8.97. The highest BCUT2D eigenvalue weighted by molar-refractivity contribution is 5.59. The largest absolute Gasteiger partial charge is 0.387 e. The van der Waals surface area contributed by atoms with Crippen molar-refractivity contribution in [2.24, 2.45) is 5.92 Å². The lowest BCUT2D eigenvalue weighted by molar-refractivity contribution is -0.384. The number of benzene rings is 2. The molecule has 6 heteroatoms. The number of hydrogen-bond acceptors (Lipinski definition) is 4. The molecule has 6 nitrogen and oxygen atoms in total. The quantitative estimate of drug-likeness (QED) is 0.497. The van der Waals surface area contributed by atoms with Crippen molar-refractivity contribution in [2.75, 3.05) is 0 Å². The van der Waals surface area contributed by atoms with Crippen molar-refractivity contribution < 1.29 is 10.0 Å². The zero-order valence-electron chi connectivity index (χ0n) is 15.4. The van der Waals surface area contributed by atoms with Crippen LogP contribution >= 0.6 is 0 Å². The zero-order chi connectivity index (χ0) is 19.4. The first kappa shape index (κ1) is 18.8. The number of non-ortho nitro benzene ring substituents is 1. The Kier molecular flexibility index (Phi) is 5.66. The van der Waals surface area contributed by atoms with Gasteiger partial charge in [0, 0.05) is 30.1 Å². The van der Waals surface area contributed by atoms with Crippen LogP contribution in [0.1, 0.15) is 31.1 Å². The number of imidazole rings is 1. The van der Waals surface area contributed by atoms with Crippen LogP contribution in [0.2, 0.25) is 0 Å². The first-order chi connectivity index (χ1) is 12.9. The lowest BCUT2D eigenvalue weighted by Crippen LogP contribution is -2.09. The Morgan fingerprint density at radius 2 is 1.93 bits per heavy atom. The second-order valence-corrected chi connectivity index (χ2v) is 7.07. The molecule has 3 aromatic rings. The highest BCUT2D eigenvalue weighted by Gasteiger charge is 2.15. The van der Waals surface area contributed by atoms with E-state index in [1.807, 2.05) is 28.8 Å². The molecule has 0 spiro atoms. The van der Waals surface area contributed by atoms with E-state index in [2.05, 4.69) is 18.8 Å². The molecule has 1 atom stereocenters. The first-order valence-corrected chi connectivity index (χ1v) is 8.97. The summed E-state index contributed by atoms with van der Waals surface area (Å²) in [6.45, 7) is 4.68. The molecule has 0 fully saturated rings. The summed E-state index contributed by atoms with van der Waals surface area (Å²) in [6, 6.07) is 14.4. The molecular formula is C21H23N3O3. The Bertz CT molecular complexity index is 916. The third-order valence-corrected chi connectivity index (χ3v) is 4.41. The van der Waals surface area contributed by atoms with E-state index in [1.54, 1.807) is 24.5 Å². The van der Waals surface area contributed by atoms with Gasteiger partial charge < -0.3 is 9.67 Å². The Morgan fingerprint density at radius 1 is 1.19 bits per heavy atom. The van der Waals surface area contributed by atoms with Crippen molar-refractivity contribution >= 4 is 5.69 Å². The van der Waals surface area contributed by atoms with Crippen LogP contribution in [0.5, 0.6) is 0 Å². The maximum Gasteiger partial charge on any atom is 0.270 e. The van der Waals surface area contributed by atoms with E-state index in [0.29, 0.717) is 23.9 Å². The SMILES string of the molecule is CC(C)Cc1ccc([C@H](O)Cn2ccnc2-c2cccc([N+](=O)[O-])c2)cc1. The predicted molar refractivity (Wildman–Crippen MR) is 104 cm³/mol. The average Bonchev–Trinajstić information content (AvgIpc) is 3.10. The maximum absolute atomic E-state index is 11.0. The number of hydrogen-bond donors (Lipinski definition) is 1. The molecule has 0 radical (unpaired) electrons. The van der Waals surface area contributed by atoms with Gasteiger partial charge in [-0.2, -0.15) is 0 Å². The number of nitro benzene ring substituents is 1. The number of nitrogens with zero attached hydrogens (tertiary/aromatic N) is 3. The summed E-state index contributed by atoms with van der Waals surface area (Å²) < 4.78 is 1.81. The van der Waals surface area contributed by atoms with Crippen LogP contribution in [0.15, 0.2) is 60.9 Å². The van der Waals surface area contributed by atoms with Crippen LogP contribution in [0.4, 0.5) is 5.69 Å². The van der Waals surface area contributed by atoms with Crippen molar-refractivity contribution in [1.29, 1.82) is 0 Å². The Labute approximate surface area is 158 Å². The van der Waals surface area contributed by atoms with E-state index in [4.69, 9.17) is 0 Å². The summed E-state index contributed by atoms with van der Waals surface area (Å²) in [5.41, 5.74) is 2.75. The molecule has 1 N–H and O–H groups in total. The van der Waals surface area contributed by atoms with Gasteiger partial charge in [-0.15, -0.1) is 0 Å². The van der Waals surface area contributed by atoms with Gasteiger partial charge in [0.25, 0.3) is 5.69 Å². The molecule has 1 aromatic heterocycles. The highest BCUT2D eigenvalue weighted by atomic mass is 16.6. The molecule has 140 valence electrons. The standard InChI is InChI=1S/C21H23N3O3/c1-15(2)12-16-6-8-17(9-7-16)20(25)14-23-11-10-22-21(23)18-4-3-5-19(13-18)24(26)27/h3-11,13,15,20,25H,12,14H2,1-2H3/t20-/m1/s1. The molecule has 0 amide bonds. The summed E-state index contributed by atoms with van der Waals surface area (Å²) in [5, 5.41) is 21.6. The Morgan fingerprint density at radius 3 is 2.59 bits per heavy atom. The molecule has 27 heavy (non-hydrogen) atoms. The molecular weight excluding hydrogens is 342 g/mol. The van der Waals surface area contributed by atoms with Gasteiger partial charge in [0.05, 0.1) is 17.6 Å². The van der Waals surface area contributed by atoms with Crippen LogP contribution < -0.4 is 0 Å². The van der Waals surface area contributed by atoms with Crippen molar-refractivity contribution in [3.05, 3.63) is 82.2 Å². The topological polar surface area (TPSA) is 81.2 Å². The molecule has 1 heterocycles. The minimum absolute atomic E-state index is 0.0170. The van der Waals surface area contributed by atoms with E-state index in [0.717, 1.165) is 12.0 Å². The number of rotatable bonds is 7. The van der Waals surface area contributed by atoms with Crippen LogP contribution in [-0.4, -0.2) is 19.6 Å². The molecule has 0 saturated heterocycles. The lowest BCUT2D eigenvalue weighted by Gasteiger charge is -2.15. The van der Waals surface area contributed by atoms with E-state index in [-0.39, 0.29) is 5.69 Å². The molecule has 0 bridgehead atoms. The highest BCUT2D eigenvalue weighted by Crippen LogP contribution is 2.25. The fourth-order valence-corrected chi connectivity index (χ4v) is 3.11. The van der Waals surface area contributed by atoms with Gasteiger partial charge in [-0.05, 0) is 23.5 Å². The normalized spacial score (nSPS) is 12.3. The van der Waals surface area contributed by atoms with Crippen LogP contribution in [0.3, 0.4) is 0 Å². The van der Waals surface area contributed by atoms with Crippen LogP contribution in [0, 0.1) is 16.0 Å². The number of aliphatic hydroxyl groups is 1. The number of aromatic nitrogens is 2. The molecule has 0 aliphatic heterocycles. The lowest BCUT2D eigenvalue weighted by atomic mass is 10.0. The second kappa shape index (κ2) is 8.14. The van der Waals surface area contributed by atoms with Crippen molar-refractivity contribution in [3.63, 3.8) is 0 Å². The van der Waals surface area contributed by atoms with E-state index in [1.165, 1.54) is 17.7 Å². The fourth-order valence-electron chi connectivity index (χ4n) is 3.11. The monoisotopic (exact) mass is 365 g/mol. The Hall–Kier alpha value is -2.99. The predicted octanol–water partition coefficient (Wildman–Crippen LogP) is 4.39. The van der Waals surface area contributed by atoms with Gasteiger partial charge in [0.15, 0.2) is 0 Å². The number of nitro groups is 1. The minimum Gasteiger partial charge on any atom is -0.387 e. The fraction of sp³-hybridized carbons (Fsp3) is 0.286. The summed E-state index contributed by atoms with van der Waals surface area (Å²) >= 11 is 0. The Balaban J connectivity index is 1.78. The molecule has 0 aliphatic rings. The van der Waals surface area contributed by atoms with Crippen LogP contribution in [0.25, 0.3) is 11.4 Å². The minimum atomic E-state index is -0.690. The van der Waals surface area contributed by atoms with E-state index in [9.17, 15) is 15.2 Å². The van der Waals surface area contributed by atoms with Crippen molar-refractivity contribution in [3.8, 4) is 11.4 Å². The van der Waals surface area contributed by atoms with Gasteiger partial charge in [0.1, 0.15) is 5.82 Å². The molecule has 0 unspecified atom stereocenters. The molecule has 2 aromatic carbocycles. The summed E-state index contributed by atoms with van der Waals surface area (Å²) in [5.74, 6) is 1.18. The summed E-state index contributed by atoms with van der Waals surface area (Å²) in [7, 11) is 0. The smallest absolute Gasteiger partial charge is 0.270 e. The third kappa shape index (κ3) is 4.60. The van der Waals surface area contributed by atoms with Gasteiger partial charge in [-0.25, -0.2) is 4.98 Å². The van der Waals surface area contributed by atoms with E-state index < -0.39 is 11.0 Å². The summed E-state index contributed by atoms with van der Waals surface area (Å²) in [4.78, 5) is 14.9. The van der Waals surface area contributed by atoms with Gasteiger partial charge in [-0.3, -0.25) is 10.1 Å². The van der Waals surface area contributed by atoms with Crippen molar-refractivity contribution in [1.82, 2.24) is 9.55 Å². The van der Waals surface area contributed by atoms with Crippen molar-refractivity contribution in [2.45, 2.75) is 32.9 Å². The van der Waals surface area contributed by atoms with Gasteiger partial charge in [-0.1, -0.05) is 50.2 Å². The number of aliphatic hydroxyl groups excluding tert-OH is 1. The summed E-state index contributed by atoms with van der Waals surface area (Å²) in [6.07, 6.45) is 3.72. The zero-order valence-corrected chi connectivity index (χ0v) is 15.4. The molecule has 0 aliphatic carbocycles. The third-order valence-electron chi connectivity index (χ3n) is 4.41. The second-order valence-electron chi connectivity index (χ2n) is 7.07. The van der Waals surface area contributed by atoms with Crippen LogP contribution in [-0.2, 0) is 13.0 Å². The average molecular weight is 365 g/mol. The molecule has 3 rings (SSSR count). The van der Waals surface area contributed by atoms with Gasteiger partial charge in [0.2, 0.25) is 0 Å². The van der Waals surface area contributed by atoms with E-state index >= 15 is 0 Å². The maximum atomic E-state index is 11.0. The van der Waals surface area contributed by atoms with Gasteiger partial charge >= 0.3 is 0 Å². The molecule has 0 saturated carbocycles.